The van der Waals surface area contributed by atoms with Crippen molar-refractivity contribution in [3.8, 4) is 0 Å². The van der Waals surface area contributed by atoms with Crippen molar-refractivity contribution in [2.45, 2.75) is 51.0 Å². The van der Waals surface area contributed by atoms with E-state index in [0.29, 0.717) is 0 Å². The average Bonchev–Trinajstić information content (AvgIpc) is 2.34. The number of ether oxygens (including phenoxy) is 2. The third-order valence-electron chi connectivity index (χ3n) is 16.1. The maximum absolute atomic E-state index is 6.22. The van der Waals surface area contributed by atoms with Gasteiger partial charge < -0.3 is 50.6 Å². The summed E-state index contributed by atoms with van der Waals surface area (Å²) in [6, 6.07) is 89.7. The monoisotopic (exact) mass is 1280 g/mol. The molecule has 2 unspecified atom stereocenters. The second-order valence-electron chi connectivity index (χ2n) is 22.2. The number of nitrogens with two attached hydrogens (primary N) is 1. The van der Waals surface area contributed by atoms with Crippen molar-refractivity contribution >= 4 is 148 Å². The molecule has 0 bridgehead atoms. The number of hydrogen-bond donors (Lipinski definition) is 6. The molecule has 0 aliphatic carbocycles. The van der Waals surface area contributed by atoms with E-state index in [1.165, 1.54) is 73.6 Å². The molecule has 14 aromatic rings. The highest BCUT2D eigenvalue weighted by atomic mass is 79.9. The largest absolute Gasteiger partial charge is 0.399 e. The molecule has 2 saturated heterocycles. The molecule has 438 valence electrons. The molecule has 10 nitrogen and oxygen atoms in total. The van der Waals surface area contributed by atoms with Crippen LogP contribution in [-0.4, -0.2) is 27.3 Å². The number of benzene rings is 11. The van der Waals surface area contributed by atoms with Crippen LogP contribution in [0.25, 0.3) is 65.4 Å². The van der Waals surface area contributed by atoms with Crippen molar-refractivity contribution in [1.29, 1.82) is 0 Å². The number of aromatic amines is 1. The summed E-state index contributed by atoms with van der Waals surface area (Å²) in [5.74, 6) is 0. The molecule has 12 heteroatoms. The predicted molar refractivity (Wildman–Crippen MR) is 378 cm³/mol. The van der Waals surface area contributed by atoms with Crippen LogP contribution in [0.1, 0.15) is 51.0 Å². The molecule has 2 fully saturated rings. The van der Waals surface area contributed by atoms with Crippen molar-refractivity contribution in [2.75, 3.05) is 40.2 Å². The number of nitrogen functional groups attached to an aromatic ring is 1. The van der Waals surface area contributed by atoms with Crippen LogP contribution in [0.5, 0.6) is 0 Å². The summed E-state index contributed by atoms with van der Waals surface area (Å²) in [7, 11) is 0. The minimum Gasteiger partial charge on any atom is -0.399 e. The third kappa shape index (κ3) is 13.5. The van der Waals surface area contributed by atoms with Gasteiger partial charge in [0.1, 0.15) is 12.5 Å². The maximum Gasteiger partial charge on any atom is 0.134 e. The van der Waals surface area contributed by atoms with Gasteiger partial charge in [0.2, 0.25) is 0 Å². The molecule has 2 atom stereocenters. The summed E-state index contributed by atoms with van der Waals surface area (Å²) in [6.45, 7) is 1.69. The van der Waals surface area contributed by atoms with Gasteiger partial charge in [-0.05, 0) is 208 Å². The Hall–Kier alpha value is -9.30. The zero-order chi connectivity index (χ0) is 59.6. The van der Waals surface area contributed by atoms with Gasteiger partial charge in [0.05, 0.1) is 22.1 Å². The smallest absolute Gasteiger partial charge is 0.134 e. The standard InChI is InChI=1S/C29H27N3O.C24H19N3.C17H15Br2NO.C6H7N/c1-3-9-21(10-4-1)30-23-14-16-27-25(19-23)26-20-24(31-22-11-5-2-6-12-22)15-17-28(26)32(27)29-13-7-8-18-33-29;1-3-7-17(8-4-1)25-19-11-13-23-21(15-19)22-16-20(12-14-24(22)27-23)26-18-9-5-2-6-10-18;18-11-4-6-15-13(9-11)14-10-12(19)5-7-16(14)20(15)17-3-1-2-8-21-17;7-6-4-2-1-3-5-6/h1-6,9-12,14-17,19-20,29-31H,7-8,13,18H2;1-16,25-27H;4-7,9-10,17H,1-3,8H2;1-5H,7H2. The number of nitrogens with zero attached hydrogens (tertiary/aromatic N) is 2. The first-order valence-electron chi connectivity index (χ1n) is 30.2. The summed E-state index contributed by atoms with van der Waals surface area (Å²) >= 11 is 7.18. The highest BCUT2D eigenvalue weighted by Crippen LogP contribution is 2.41. The summed E-state index contributed by atoms with van der Waals surface area (Å²) in [4.78, 5) is 3.50. The quantitative estimate of drug-likeness (QED) is 0.0755. The molecule has 2 aliphatic rings. The molecule has 0 amide bonds. The number of anilines is 9. The average molecular weight is 1290 g/mol. The Labute approximate surface area is 529 Å². The molecule has 16 rings (SSSR count). The Kier molecular flexibility index (Phi) is 17.8. The first kappa shape index (κ1) is 57.8. The number of fused-ring (bicyclic) bond motifs is 9. The topological polar surface area (TPSA) is 118 Å². The van der Waals surface area contributed by atoms with E-state index in [9.17, 15) is 0 Å². The van der Waals surface area contributed by atoms with Gasteiger partial charge >= 0.3 is 0 Å². The van der Waals surface area contributed by atoms with Crippen molar-refractivity contribution < 1.29 is 9.47 Å². The second-order valence-corrected chi connectivity index (χ2v) is 24.0. The van der Waals surface area contributed by atoms with Gasteiger partial charge in [0.15, 0.2) is 0 Å². The Bertz CT molecular complexity index is 4370. The van der Waals surface area contributed by atoms with Crippen LogP contribution < -0.4 is 27.0 Å². The fraction of sp³-hybridized carbons (Fsp3) is 0.132. The van der Waals surface area contributed by atoms with Crippen molar-refractivity contribution in [1.82, 2.24) is 14.1 Å². The Morgan fingerprint density at radius 1 is 0.330 bits per heavy atom. The first-order chi connectivity index (χ1) is 43.3. The molecule has 3 aromatic heterocycles. The van der Waals surface area contributed by atoms with Gasteiger partial charge in [-0.1, -0.05) is 123 Å². The van der Waals surface area contributed by atoms with Crippen LogP contribution in [-0.2, 0) is 9.47 Å². The number of hydrogen-bond acceptors (Lipinski definition) is 7. The lowest BCUT2D eigenvalue weighted by molar-refractivity contribution is -0.0268. The zero-order valence-corrected chi connectivity index (χ0v) is 51.9. The van der Waals surface area contributed by atoms with Crippen molar-refractivity contribution in [3.05, 3.63) is 270 Å². The van der Waals surface area contributed by atoms with Crippen molar-refractivity contribution in [2.24, 2.45) is 0 Å². The van der Waals surface area contributed by atoms with Gasteiger partial charge in [-0.15, -0.1) is 0 Å². The number of H-pyrrole nitrogens is 1. The zero-order valence-electron chi connectivity index (χ0n) is 48.7. The minimum absolute atomic E-state index is 0.0830. The van der Waals surface area contributed by atoms with E-state index in [4.69, 9.17) is 15.2 Å². The minimum atomic E-state index is 0.0830. The van der Waals surface area contributed by atoms with Crippen molar-refractivity contribution in [3.63, 3.8) is 0 Å². The summed E-state index contributed by atoms with van der Waals surface area (Å²) < 4.78 is 19.2. The van der Waals surface area contributed by atoms with Gasteiger partial charge in [-0.2, -0.15) is 0 Å². The molecule has 0 saturated carbocycles. The highest BCUT2D eigenvalue weighted by Gasteiger charge is 2.23. The van der Waals surface area contributed by atoms with E-state index < -0.39 is 0 Å². The van der Waals surface area contributed by atoms with Crippen LogP contribution in [0.15, 0.2) is 270 Å². The first-order valence-corrected chi connectivity index (χ1v) is 31.8. The highest BCUT2D eigenvalue weighted by molar-refractivity contribution is 9.10. The molecule has 0 spiro atoms. The van der Waals surface area contributed by atoms with Crippen LogP contribution in [0.4, 0.5) is 51.2 Å². The van der Waals surface area contributed by atoms with Crippen LogP contribution >= 0.6 is 31.9 Å². The van der Waals surface area contributed by atoms with E-state index in [1.54, 1.807) is 0 Å². The third-order valence-corrected chi connectivity index (χ3v) is 17.1. The van der Waals surface area contributed by atoms with Gasteiger partial charge in [0.25, 0.3) is 0 Å². The lowest BCUT2D eigenvalue weighted by atomic mass is 10.1. The number of nitrogens with one attached hydrogen (secondary N) is 5. The number of rotatable bonds is 10. The lowest BCUT2D eigenvalue weighted by Gasteiger charge is -2.25. The molecule has 0 radical (unpaired) electrons. The number of halogens is 2. The van der Waals surface area contributed by atoms with E-state index >= 15 is 0 Å². The molecular weight excluding hydrogens is 1220 g/mol. The summed E-state index contributed by atoms with van der Waals surface area (Å²) in [5.41, 5.74) is 22.1. The second kappa shape index (κ2) is 27.2. The molecule has 11 aromatic carbocycles. The van der Waals surface area contributed by atoms with Crippen LogP contribution in [0, 0.1) is 0 Å². The van der Waals surface area contributed by atoms with E-state index in [2.05, 4.69) is 249 Å². The maximum atomic E-state index is 6.22. The normalized spacial score (nSPS) is 14.8. The van der Waals surface area contributed by atoms with Crippen LogP contribution in [0.3, 0.4) is 0 Å². The Morgan fingerprint density at radius 3 is 0.955 bits per heavy atom. The molecular formula is C76H68Br2N8O2. The molecule has 7 N–H and O–H groups in total. The predicted octanol–water partition coefficient (Wildman–Crippen LogP) is 22.1. The SMILES string of the molecule is Brc1ccc2c(c1)c1cc(Br)ccc1n2C1CCCCO1.Nc1ccccc1.c1ccc(Nc2ccc3[nH]c4ccc(Nc5ccccc5)cc4c3c2)cc1.c1ccc(Nc2ccc3c(c2)c2cc(Nc4ccccc4)ccc2n3C2CCCCO2)cc1. The summed E-state index contributed by atoms with van der Waals surface area (Å²) in [5, 5.41) is 21.5. The van der Waals surface area contributed by atoms with E-state index in [-0.39, 0.29) is 12.5 Å². The number of aromatic nitrogens is 3. The van der Waals surface area contributed by atoms with Gasteiger partial charge in [-0.25, -0.2) is 0 Å². The van der Waals surface area contributed by atoms with Crippen LogP contribution in [0.2, 0.25) is 0 Å². The fourth-order valence-corrected chi connectivity index (χ4v) is 12.7. The fourth-order valence-electron chi connectivity index (χ4n) is 11.9. The molecule has 88 heavy (non-hydrogen) atoms. The lowest BCUT2D eigenvalue weighted by Crippen LogP contribution is -2.17. The van der Waals surface area contributed by atoms with E-state index in [1.807, 2.05) is 78.9 Å². The summed E-state index contributed by atoms with van der Waals surface area (Å²) in [6.07, 6.45) is 7.12. The van der Waals surface area contributed by atoms with E-state index in [0.717, 1.165) is 104 Å². The molecule has 2 aliphatic heterocycles. The van der Waals surface area contributed by atoms with Gasteiger partial charge in [-0.3, -0.25) is 0 Å². The molecule has 5 heterocycles. The Balaban J connectivity index is 0.000000117. The van der Waals surface area contributed by atoms with Gasteiger partial charge in [0, 0.05) is 117 Å². The number of para-hydroxylation sites is 5. The Morgan fingerprint density at radius 2 is 0.636 bits per heavy atom.